The molecule has 9 heavy (non-hydrogen) atoms. The molecule has 0 aromatic carbocycles. The third kappa shape index (κ3) is 1.85. The predicted octanol–water partition coefficient (Wildman–Crippen LogP) is -0.389. The fraction of sp³-hybridized carbons (Fsp3) is 0.667. The molecule has 0 aliphatic carbocycles. The number of hydrogen-bond donors (Lipinski definition) is 0. The van der Waals surface area contributed by atoms with E-state index < -0.39 is 5.79 Å². The maximum absolute atomic E-state index is 5.21. The maximum atomic E-state index is 5.21. The zero-order valence-electron chi connectivity index (χ0n) is 5.31. The molecule has 1 fully saturated rings. The Morgan fingerprint density at radius 2 is 2.00 bits per heavy atom. The van der Waals surface area contributed by atoms with Crippen LogP contribution in [0.25, 0.3) is 0 Å². The summed E-state index contributed by atoms with van der Waals surface area (Å²) in [6, 6.07) is 0. The topological polar surface area (TPSA) is 18.5 Å². The Balaban J connectivity index is 2.58. The summed E-state index contributed by atoms with van der Waals surface area (Å²) in [7, 11) is 0. The zero-order valence-corrected chi connectivity index (χ0v) is 8.60. The minimum atomic E-state index is -0.584. The van der Waals surface area contributed by atoms with E-state index in [4.69, 9.17) is 9.47 Å². The standard InChI is InChI=1S/C6H7O2.Sn.H/c1-3-6(2)7-4-5-8-6;;/h4-5H2,2H3;;. The Morgan fingerprint density at radius 1 is 1.44 bits per heavy atom. The van der Waals surface area contributed by atoms with Crippen LogP contribution in [0.4, 0.5) is 0 Å². The van der Waals surface area contributed by atoms with Crippen molar-refractivity contribution in [3.8, 4) is 9.86 Å². The van der Waals surface area contributed by atoms with Gasteiger partial charge in [-0.05, 0) is 0 Å². The molecule has 0 bridgehead atoms. The summed E-state index contributed by atoms with van der Waals surface area (Å²) in [5, 5.41) is 0. The summed E-state index contributed by atoms with van der Waals surface area (Å²) in [6.45, 7) is 3.20. The van der Waals surface area contributed by atoms with Crippen molar-refractivity contribution in [1.29, 1.82) is 0 Å². The second-order valence-electron chi connectivity index (χ2n) is 1.91. The summed E-state index contributed by atoms with van der Waals surface area (Å²) < 4.78 is 13.3. The normalized spacial score (nSPS) is 22.9. The first-order valence-corrected chi connectivity index (χ1v) is 4.42. The molecule has 0 atom stereocenters. The van der Waals surface area contributed by atoms with E-state index in [1.807, 2.05) is 6.92 Å². The van der Waals surface area contributed by atoms with Gasteiger partial charge in [0.2, 0.25) is 0 Å². The van der Waals surface area contributed by atoms with E-state index >= 15 is 0 Å². The van der Waals surface area contributed by atoms with Gasteiger partial charge in [0.25, 0.3) is 0 Å². The Labute approximate surface area is 68.0 Å². The van der Waals surface area contributed by atoms with Gasteiger partial charge < -0.3 is 0 Å². The van der Waals surface area contributed by atoms with Gasteiger partial charge in [-0.15, -0.1) is 0 Å². The Kier molecular flexibility index (Phi) is 2.39. The molecule has 1 rings (SSSR count). The molecule has 3 heteroatoms. The number of hydrogen-bond acceptors (Lipinski definition) is 2. The molecule has 1 heterocycles. The van der Waals surface area contributed by atoms with Crippen molar-refractivity contribution < 1.29 is 9.47 Å². The van der Waals surface area contributed by atoms with Crippen molar-refractivity contribution in [2.24, 2.45) is 0 Å². The quantitative estimate of drug-likeness (QED) is 0.417. The zero-order chi connectivity index (χ0) is 6.74. The van der Waals surface area contributed by atoms with Crippen LogP contribution in [0.1, 0.15) is 6.92 Å². The number of ether oxygens (including phenoxy) is 2. The monoisotopic (exact) mass is 232 g/mol. The van der Waals surface area contributed by atoms with Crippen LogP contribution in [0.2, 0.25) is 0 Å². The van der Waals surface area contributed by atoms with E-state index in [1.54, 1.807) is 0 Å². The molecule has 2 nitrogen and oxygen atoms in total. The molecule has 0 saturated carbocycles. The first-order chi connectivity index (χ1) is 4.27. The second kappa shape index (κ2) is 2.91. The van der Waals surface area contributed by atoms with Gasteiger partial charge in [-0.1, -0.05) is 0 Å². The molecule has 48 valence electrons. The van der Waals surface area contributed by atoms with Gasteiger partial charge in [0.1, 0.15) is 0 Å². The van der Waals surface area contributed by atoms with Gasteiger partial charge in [-0.2, -0.15) is 0 Å². The summed E-state index contributed by atoms with van der Waals surface area (Å²) >= 11 is 0.943. The van der Waals surface area contributed by atoms with Gasteiger partial charge in [0, 0.05) is 0 Å². The van der Waals surface area contributed by atoms with E-state index in [0.717, 1.165) is 22.5 Å². The second-order valence-corrected chi connectivity index (χ2v) is 2.74. The van der Waals surface area contributed by atoms with Crippen LogP contribution in [0.3, 0.4) is 0 Å². The van der Waals surface area contributed by atoms with Crippen LogP contribution in [-0.2, 0) is 9.47 Å². The van der Waals surface area contributed by atoms with Crippen LogP contribution in [0.15, 0.2) is 0 Å². The molecule has 0 N–H and O–H groups in total. The van der Waals surface area contributed by atoms with Crippen molar-refractivity contribution in [3.05, 3.63) is 0 Å². The van der Waals surface area contributed by atoms with Crippen LogP contribution in [0.5, 0.6) is 0 Å². The first kappa shape index (κ1) is 7.39. The van der Waals surface area contributed by atoms with E-state index in [2.05, 4.69) is 9.86 Å². The summed E-state index contributed by atoms with van der Waals surface area (Å²) in [4.78, 5) is 0. The molecular formula is C6H8O2Sn. The summed E-state index contributed by atoms with van der Waals surface area (Å²) in [5.74, 6) is 2.30. The molecule has 0 aromatic rings. The van der Waals surface area contributed by atoms with Gasteiger partial charge in [-0.3, -0.25) is 0 Å². The van der Waals surface area contributed by atoms with Crippen molar-refractivity contribution in [1.82, 2.24) is 0 Å². The van der Waals surface area contributed by atoms with E-state index in [1.165, 1.54) is 0 Å². The van der Waals surface area contributed by atoms with E-state index in [-0.39, 0.29) is 0 Å². The average molecular weight is 231 g/mol. The fourth-order valence-electron chi connectivity index (χ4n) is 0.718. The molecular weight excluding hydrogens is 223 g/mol. The Hall–Kier alpha value is 0.279. The average Bonchev–Trinajstić information content (AvgIpc) is 2.16. The minimum absolute atomic E-state index is 0.584. The van der Waals surface area contributed by atoms with Crippen molar-refractivity contribution >= 4 is 22.5 Å². The van der Waals surface area contributed by atoms with E-state index in [9.17, 15) is 0 Å². The third-order valence-electron chi connectivity index (χ3n) is 1.14. The predicted molar refractivity (Wildman–Crippen MR) is 35.2 cm³/mol. The Morgan fingerprint density at radius 3 is 2.44 bits per heavy atom. The van der Waals surface area contributed by atoms with Crippen molar-refractivity contribution in [2.45, 2.75) is 12.7 Å². The van der Waals surface area contributed by atoms with E-state index in [0.29, 0.717) is 13.2 Å². The molecule has 0 unspecified atom stereocenters. The summed E-state index contributed by atoms with van der Waals surface area (Å²) in [5.41, 5.74) is 0. The van der Waals surface area contributed by atoms with Crippen LogP contribution >= 0.6 is 0 Å². The molecule has 0 amide bonds. The number of rotatable bonds is 0. The van der Waals surface area contributed by atoms with Crippen molar-refractivity contribution in [2.75, 3.05) is 13.2 Å². The van der Waals surface area contributed by atoms with Gasteiger partial charge >= 0.3 is 67.8 Å². The fourth-order valence-corrected chi connectivity index (χ4v) is 1.47. The van der Waals surface area contributed by atoms with Gasteiger partial charge in [0.05, 0.1) is 0 Å². The molecule has 1 aliphatic heterocycles. The van der Waals surface area contributed by atoms with Gasteiger partial charge in [0.15, 0.2) is 0 Å². The summed E-state index contributed by atoms with van der Waals surface area (Å²) in [6.07, 6.45) is 0. The molecule has 2 radical (unpaired) electrons. The SMILES string of the molecule is CC1(C#[C][SnH])OCCO1. The molecule has 1 saturated heterocycles. The van der Waals surface area contributed by atoms with Gasteiger partial charge in [-0.25, -0.2) is 0 Å². The first-order valence-electron chi connectivity index (χ1n) is 2.77. The Bertz CT molecular complexity index is 150. The van der Waals surface area contributed by atoms with Crippen molar-refractivity contribution in [3.63, 3.8) is 0 Å². The molecule has 0 aromatic heterocycles. The van der Waals surface area contributed by atoms with Crippen LogP contribution < -0.4 is 0 Å². The molecule has 1 aliphatic rings. The van der Waals surface area contributed by atoms with Crippen LogP contribution in [0, 0.1) is 9.86 Å². The third-order valence-corrected chi connectivity index (χ3v) is 1.55. The molecule has 0 spiro atoms. The van der Waals surface area contributed by atoms with Crippen LogP contribution in [-0.4, -0.2) is 41.5 Å².